The van der Waals surface area contributed by atoms with Crippen LogP contribution in [0.1, 0.15) is 6.42 Å². The SMILES string of the molecule is CSC1=Nc2c(Cl)cc(Cl)cc2SCC1. The van der Waals surface area contributed by atoms with Crippen molar-refractivity contribution in [3.63, 3.8) is 0 Å². The molecule has 1 aromatic rings. The summed E-state index contributed by atoms with van der Waals surface area (Å²) in [5.74, 6) is 1.03. The van der Waals surface area contributed by atoms with E-state index in [2.05, 4.69) is 4.99 Å². The molecule has 1 nitrogen and oxygen atoms in total. The maximum Gasteiger partial charge on any atom is 0.0962 e. The van der Waals surface area contributed by atoms with Crippen molar-refractivity contribution in [1.82, 2.24) is 0 Å². The molecule has 0 atom stereocenters. The molecule has 0 aliphatic carbocycles. The summed E-state index contributed by atoms with van der Waals surface area (Å²) in [5.41, 5.74) is 0.868. The number of fused-ring (bicyclic) bond motifs is 1. The van der Waals surface area contributed by atoms with Gasteiger partial charge in [-0.15, -0.1) is 23.5 Å². The highest BCUT2D eigenvalue weighted by molar-refractivity contribution is 8.13. The molecule has 0 spiro atoms. The number of hydrogen-bond acceptors (Lipinski definition) is 3. The molecule has 80 valence electrons. The monoisotopic (exact) mass is 277 g/mol. The number of aliphatic imine (C=N–C) groups is 1. The van der Waals surface area contributed by atoms with E-state index in [1.54, 1.807) is 29.6 Å². The smallest absolute Gasteiger partial charge is 0.0962 e. The maximum absolute atomic E-state index is 6.13. The number of nitrogens with zero attached hydrogens (tertiary/aromatic N) is 1. The number of halogens is 2. The van der Waals surface area contributed by atoms with Gasteiger partial charge in [-0.25, -0.2) is 4.99 Å². The van der Waals surface area contributed by atoms with Crippen LogP contribution < -0.4 is 0 Å². The Morgan fingerprint density at radius 1 is 1.40 bits per heavy atom. The Bertz CT molecular complexity index is 418. The van der Waals surface area contributed by atoms with Crippen molar-refractivity contribution in [2.75, 3.05) is 12.0 Å². The minimum absolute atomic E-state index is 0.637. The van der Waals surface area contributed by atoms with Crippen molar-refractivity contribution in [2.24, 2.45) is 4.99 Å². The van der Waals surface area contributed by atoms with Crippen LogP contribution in [0.5, 0.6) is 0 Å². The van der Waals surface area contributed by atoms with E-state index in [4.69, 9.17) is 23.2 Å². The van der Waals surface area contributed by atoms with Crippen LogP contribution in [-0.2, 0) is 0 Å². The van der Waals surface area contributed by atoms with Gasteiger partial charge in [0.05, 0.1) is 15.8 Å². The highest BCUT2D eigenvalue weighted by Crippen LogP contribution is 2.41. The number of rotatable bonds is 0. The molecule has 0 saturated heterocycles. The Morgan fingerprint density at radius 3 is 2.93 bits per heavy atom. The fraction of sp³-hybridized carbons (Fsp3) is 0.300. The first-order chi connectivity index (χ1) is 7.20. The molecule has 0 amide bonds. The highest BCUT2D eigenvalue weighted by Gasteiger charge is 2.14. The van der Waals surface area contributed by atoms with Crippen molar-refractivity contribution in [1.29, 1.82) is 0 Å². The second kappa shape index (κ2) is 5.00. The molecule has 0 radical (unpaired) electrons. The van der Waals surface area contributed by atoms with E-state index in [9.17, 15) is 0 Å². The van der Waals surface area contributed by atoms with Gasteiger partial charge >= 0.3 is 0 Å². The second-order valence-electron chi connectivity index (χ2n) is 3.04. The molecule has 1 aliphatic rings. The molecular formula is C10H9Cl2NS2. The Kier molecular flexibility index (Phi) is 3.88. The molecule has 1 aromatic carbocycles. The molecule has 0 bridgehead atoms. The van der Waals surface area contributed by atoms with E-state index < -0.39 is 0 Å². The molecule has 5 heteroatoms. The molecule has 2 rings (SSSR count). The van der Waals surface area contributed by atoms with Crippen LogP contribution in [0, 0.1) is 0 Å². The van der Waals surface area contributed by atoms with Crippen LogP contribution in [0.3, 0.4) is 0 Å². The largest absolute Gasteiger partial charge is 0.244 e. The lowest BCUT2D eigenvalue weighted by Gasteiger charge is -2.04. The van der Waals surface area contributed by atoms with Gasteiger partial charge in [0.15, 0.2) is 0 Å². The van der Waals surface area contributed by atoms with Gasteiger partial charge in [-0.3, -0.25) is 0 Å². The predicted octanol–water partition coefficient (Wildman–Crippen LogP) is 4.88. The zero-order valence-electron chi connectivity index (χ0n) is 8.09. The summed E-state index contributed by atoms with van der Waals surface area (Å²) in [6.45, 7) is 0. The van der Waals surface area contributed by atoms with Crippen molar-refractivity contribution in [2.45, 2.75) is 11.3 Å². The average Bonchev–Trinajstić information content (AvgIpc) is 2.39. The van der Waals surface area contributed by atoms with Crippen LogP contribution >= 0.6 is 46.7 Å². The van der Waals surface area contributed by atoms with Gasteiger partial charge in [0, 0.05) is 22.1 Å². The van der Waals surface area contributed by atoms with Crippen LogP contribution in [0.15, 0.2) is 22.0 Å². The number of benzene rings is 1. The van der Waals surface area contributed by atoms with Crippen LogP contribution in [-0.4, -0.2) is 17.1 Å². The summed E-state index contributed by atoms with van der Waals surface area (Å²) in [5, 5.41) is 2.44. The molecule has 15 heavy (non-hydrogen) atoms. The second-order valence-corrected chi connectivity index (χ2v) is 5.90. The van der Waals surface area contributed by atoms with Gasteiger partial charge in [0.2, 0.25) is 0 Å². The molecule has 0 aromatic heterocycles. The highest BCUT2D eigenvalue weighted by atomic mass is 35.5. The Balaban J connectivity index is 2.53. The van der Waals surface area contributed by atoms with Crippen molar-refractivity contribution >= 4 is 57.5 Å². The molecule has 0 unspecified atom stereocenters. The first kappa shape index (κ1) is 11.6. The van der Waals surface area contributed by atoms with E-state index >= 15 is 0 Å². The first-order valence-electron chi connectivity index (χ1n) is 4.44. The summed E-state index contributed by atoms with van der Waals surface area (Å²) in [4.78, 5) is 5.65. The number of thioether (sulfide) groups is 2. The lowest BCUT2D eigenvalue weighted by molar-refractivity contribution is 1.34. The van der Waals surface area contributed by atoms with Crippen molar-refractivity contribution in [3.05, 3.63) is 22.2 Å². The standard InChI is InChI=1S/C10H9Cl2NS2/c1-14-9-2-3-15-8-5-6(11)4-7(12)10(8)13-9/h4-5H,2-3H2,1H3. The van der Waals surface area contributed by atoms with Gasteiger partial charge in [-0.1, -0.05) is 23.2 Å². The van der Waals surface area contributed by atoms with Crippen LogP contribution in [0.4, 0.5) is 5.69 Å². The topological polar surface area (TPSA) is 12.4 Å². The minimum atomic E-state index is 0.637. The first-order valence-corrected chi connectivity index (χ1v) is 7.40. The molecule has 0 N–H and O–H groups in total. The fourth-order valence-corrected chi connectivity index (χ4v) is 3.63. The Labute approximate surface area is 108 Å². The average molecular weight is 278 g/mol. The molecular weight excluding hydrogens is 269 g/mol. The third kappa shape index (κ3) is 2.64. The van der Waals surface area contributed by atoms with Gasteiger partial charge in [-0.05, 0) is 18.4 Å². The van der Waals surface area contributed by atoms with E-state index in [0.29, 0.717) is 10.0 Å². The van der Waals surface area contributed by atoms with Gasteiger partial charge in [0.1, 0.15) is 0 Å². The van der Waals surface area contributed by atoms with E-state index in [-0.39, 0.29) is 0 Å². The van der Waals surface area contributed by atoms with Gasteiger partial charge in [0.25, 0.3) is 0 Å². The summed E-state index contributed by atoms with van der Waals surface area (Å²) >= 11 is 15.5. The third-order valence-electron chi connectivity index (χ3n) is 2.04. The van der Waals surface area contributed by atoms with Crippen molar-refractivity contribution < 1.29 is 0 Å². The van der Waals surface area contributed by atoms with E-state index in [1.165, 1.54) is 0 Å². The molecule has 0 saturated carbocycles. The van der Waals surface area contributed by atoms with E-state index in [1.807, 2.05) is 12.3 Å². The molecule has 1 heterocycles. The lowest BCUT2D eigenvalue weighted by atomic mass is 10.3. The normalized spacial score (nSPS) is 15.5. The van der Waals surface area contributed by atoms with E-state index in [0.717, 1.165) is 27.8 Å². The maximum atomic E-state index is 6.13. The summed E-state index contributed by atoms with van der Waals surface area (Å²) in [7, 11) is 0. The van der Waals surface area contributed by atoms with Crippen LogP contribution in [0.25, 0.3) is 0 Å². The van der Waals surface area contributed by atoms with Crippen molar-refractivity contribution in [3.8, 4) is 0 Å². The van der Waals surface area contributed by atoms with Gasteiger partial charge in [-0.2, -0.15) is 0 Å². The quantitative estimate of drug-likeness (QED) is 0.670. The predicted molar refractivity (Wildman–Crippen MR) is 72.4 cm³/mol. The Morgan fingerprint density at radius 2 is 2.20 bits per heavy atom. The summed E-state index contributed by atoms with van der Waals surface area (Å²) in [6.07, 6.45) is 3.03. The minimum Gasteiger partial charge on any atom is -0.244 e. The zero-order valence-corrected chi connectivity index (χ0v) is 11.2. The third-order valence-corrected chi connectivity index (χ3v) is 4.34. The number of hydrogen-bond donors (Lipinski definition) is 0. The fourth-order valence-electron chi connectivity index (χ4n) is 1.34. The lowest BCUT2D eigenvalue weighted by Crippen LogP contribution is -1.90. The van der Waals surface area contributed by atoms with Crippen LogP contribution in [0.2, 0.25) is 10.0 Å². The summed E-state index contributed by atoms with van der Waals surface area (Å²) in [6, 6.07) is 3.68. The molecule has 0 fully saturated rings. The Hall–Kier alpha value is 0.170. The summed E-state index contributed by atoms with van der Waals surface area (Å²) < 4.78 is 0. The molecule has 1 aliphatic heterocycles. The van der Waals surface area contributed by atoms with Gasteiger partial charge < -0.3 is 0 Å². The zero-order chi connectivity index (χ0) is 10.8.